The summed E-state index contributed by atoms with van der Waals surface area (Å²) in [4.78, 5) is 26.5. The van der Waals surface area contributed by atoms with Gasteiger partial charge >= 0.3 is 6.03 Å². The summed E-state index contributed by atoms with van der Waals surface area (Å²) in [5.74, 6) is -1.29. The lowest BCUT2D eigenvalue weighted by atomic mass is 10.0. The van der Waals surface area contributed by atoms with Crippen molar-refractivity contribution < 1.29 is 14.0 Å². The normalized spacial score (nSPS) is 12.7. The maximum absolute atomic E-state index is 13.5. The molecule has 2 aromatic carbocycles. The van der Waals surface area contributed by atoms with Gasteiger partial charge in [0.1, 0.15) is 11.5 Å². The first kappa shape index (κ1) is 20.4. The highest BCUT2D eigenvalue weighted by Crippen LogP contribution is 2.30. The molecule has 0 spiro atoms. The van der Waals surface area contributed by atoms with E-state index in [0.717, 1.165) is 0 Å². The Morgan fingerprint density at radius 3 is 2.58 bits per heavy atom. The highest BCUT2D eigenvalue weighted by Gasteiger charge is 2.29. The van der Waals surface area contributed by atoms with E-state index in [1.165, 1.54) is 23.1 Å². The first-order chi connectivity index (χ1) is 14.9. The number of nitrogens with zero attached hydrogens (tertiary/aromatic N) is 4. The minimum absolute atomic E-state index is 0.0951. The zero-order chi connectivity index (χ0) is 22.1. The maximum Gasteiger partial charge on any atom is 0.322 e. The van der Waals surface area contributed by atoms with Gasteiger partial charge in [-0.1, -0.05) is 11.6 Å². The summed E-state index contributed by atoms with van der Waals surface area (Å²) in [5, 5.41) is 16.0. The van der Waals surface area contributed by atoms with Crippen molar-refractivity contribution in [2.75, 3.05) is 11.9 Å². The van der Waals surface area contributed by atoms with Crippen LogP contribution in [-0.4, -0.2) is 33.2 Å². The molecule has 3 N–H and O–H groups in total. The topological polar surface area (TPSA) is 117 Å². The second kappa shape index (κ2) is 8.08. The van der Waals surface area contributed by atoms with Gasteiger partial charge in [-0.05, 0) is 42.5 Å². The zero-order valence-electron chi connectivity index (χ0n) is 16.1. The standard InChI is InChI=1S/C21H16ClFN6O2/c22-15-9-13(3-6-16(15)23)19-18(20(25)30)17-11-28(7-8-29(17)27-19)21(31)26-14-4-1-12(10-24)2-5-14/h1-6,9H,7-8,11H2,(H2,25,30)(H,26,31). The maximum atomic E-state index is 13.5. The fourth-order valence-electron chi connectivity index (χ4n) is 3.43. The van der Waals surface area contributed by atoms with Crippen LogP contribution in [0.15, 0.2) is 42.5 Å². The number of hydrogen-bond donors (Lipinski definition) is 2. The lowest BCUT2D eigenvalue weighted by molar-refractivity contribution is 0.0997. The summed E-state index contributed by atoms with van der Waals surface area (Å²) in [6.45, 7) is 0.826. The molecule has 8 nitrogen and oxygen atoms in total. The minimum atomic E-state index is -0.703. The molecule has 1 aliphatic heterocycles. The fourth-order valence-corrected chi connectivity index (χ4v) is 3.61. The summed E-state index contributed by atoms with van der Waals surface area (Å²) >= 11 is 5.88. The van der Waals surface area contributed by atoms with Gasteiger partial charge in [0.2, 0.25) is 0 Å². The second-order valence-electron chi connectivity index (χ2n) is 6.93. The van der Waals surface area contributed by atoms with Crippen molar-refractivity contribution in [3.63, 3.8) is 0 Å². The lowest BCUT2D eigenvalue weighted by Crippen LogP contribution is -2.41. The molecule has 4 rings (SSSR count). The molecule has 0 aliphatic carbocycles. The van der Waals surface area contributed by atoms with Crippen LogP contribution in [0.5, 0.6) is 0 Å². The van der Waals surface area contributed by atoms with Gasteiger partial charge in [-0.15, -0.1) is 0 Å². The number of carbonyl (C=O) groups is 2. The molecule has 0 bridgehead atoms. The molecule has 2 heterocycles. The molecule has 156 valence electrons. The molecule has 0 saturated heterocycles. The van der Waals surface area contributed by atoms with Crippen LogP contribution >= 0.6 is 11.6 Å². The summed E-state index contributed by atoms with van der Waals surface area (Å²) in [6.07, 6.45) is 0. The van der Waals surface area contributed by atoms with E-state index >= 15 is 0 Å². The van der Waals surface area contributed by atoms with Crippen LogP contribution in [0.3, 0.4) is 0 Å². The van der Waals surface area contributed by atoms with Gasteiger partial charge in [0.15, 0.2) is 0 Å². The number of amides is 3. The van der Waals surface area contributed by atoms with E-state index in [9.17, 15) is 14.0 Å². The Morgan fingerprint density at radius 1 is 1.19 bits per heavy atom. The smallest absolute Gasteiger partial charge is 0.322 e. The number of aromatic nitrogens is 2. The van der Waals surface area contributed by atoms with Crippen molar-refractivity contribution in [1.82, 2.24) is 14.7 Å². The molecule has 0 atom stereocenters. The predicted octanol–water partition coefficient (Wildman–Crippen LogP) is 3.36. The quantitative estimate of drug-likeness (QED) is 0.651. The molecule has 0 saturated carbocycles. The minimum Gasteiger partial charge on any atom is -0.365 e. The van der Waals surface area contributed by atoms with Gasteiger partial charge in [0.05, 0.1) is 41.0 Å². The molecular weight excluding hydrogens is 423 g/mol. The molecule has 0 radical (unpaired) electrons. The second-order valence-corrected chi connectivity index (χ2v) is 7.33. The van der Waals surface area contributed by atoms with Gasteiger partial charge in [-0.2, -0.15) is 10.4 Å². The van der Waals surface area contributed by atoms with Crippen molar-refractivity contribution >= 4 is 29.2 Å². The van der Waals surface area contributed by atoms with E-state index < -0.39 is 11.7 Å². The Morgan fingerprint density at radius 2 is 1.94 bits per heavy atom. The number of primary amides is 1. The van der Waals surface area contributed by atoms with Crippen molar-refractivity contribution in [2.45, 2.75) is 13.1 Å². The lowest BCUT2D eigenvalue weighted by Gasteiger charge is -2.28. The van der Waals surface area contributed by atoms with Gasteiger partial charge in [0, 0.05) is 17.8 Å². The van der Waals surface area contributed by atoms with E-state index in [0.29, 0.717) is 41.3 Å². The Labute approximate surface area is 181 Å². The SMILES string of the molecule is N#Cc1ccc(NC(=O)N2CCn3nc(-c4ccc(F)c(Cl)c4)c(C(N)=O)c3C2)cc1. The number of carbonyl (C=O) groups excluding carboxylic acids is 2. The Kier molecular flexibility index (Phi) is 5.31. The predicted molar refractivity (Wildman–Crippen MR) is 112 cm³/mol. The third-order valence-corrected chi connectivity index (χ3v) is 5.26. The van der Waals surface area contributed by atoms with E-state index in [-0.39, 0.29) is 23.2 Å². The number of hydrogen-bond acceptors (Lipinski definition) is 4. The molecule has 0 unspecified atom stereocenters. The molecule has 1 aliphatic rings. The number of anilines is 1. The van der Waals surface area contributed by atoms with Crippen molar-refractivity contribution in [1.29, 1.82) is 5.26 Å². The van der Waals surface area contributed by atoms with E-state index in [1.807, 2.05) is 6.07 Å². The van der Waals surface area contributed by atoms with Crippen LogP contribution in [0.2, 0.25) is 5.02 Å². The van der Waals surface area contributed by atoms with Crippen LogP contribution < -0.4 is 11.1 Å². The number of nitrogens with two attached hydrogens (primary N) is 1. The van der Waals surface area contributed by atoms with E-state index in [4.69, 9.17) is 22.6 Å². The summed E-state index contributed by atoms with van der Waals surface area (Å²) in [6, 6.07) is 12.2. The molecule has 31 heavy (non-hydrogen) atoms. The summed E-state index contributed by atoms with van der Waals surface area (Å²) in [7, 11) is 0. The largest absolute Gasteiger partial charge is 0.365 e. The van der Waals surface area contributed by atoms with Crippen LogP contribution in [0.1, 0.15) is 21.6 Å². The van der Waals surface area contributed by atoms with Crippen LogP contribution in [0.4, 0.5) is 14.9 Å². The number of nitrogens with one attached hydrogen (secondary N) is 1. The van der Waals surface area contributed by atoms with Crippen molar-refractivity contribution in [3.05, 3.63) is 70.1 Å². The Balaban J connectivity index is 1.61. The average Bonchev–Trinajstić information content (AvgIpc) is 3.15. The molecule has 1 aromatic heterocycles. The summed E-state index contributed by atoms with van der Waals surface area (Å²) < 4.78 is 15.2. The van der Waals surface area contributed by atoms with Crippen molar-refractivity contribution in [2.24, 2.45) is 5.73 Å². The number of fused-ring (bicyclic) bond motifs is 1. The number of nitriles is 1. The average molecular weight is 439 g/mol. The van der Waals surface area contributed by atoms with E-state index in [2.05, 4.69) is 10.4 Å². The van der Waals surface area contributed by atoms with Gasteiger partial charge in [-0.25, -0.2) is 9.18 Å². The molecule has 3 amide bonds. The van der Waals surface area contributed by atoms with Gasteiger partial charge in [0.25, 0.3) is 5.91 Å². The Hall–Kier alpha value is -3.90. The molecular formula is C21H16ClFN6O2. The highest BCUT2D eigenvalue weighted by atomic mass is 35.5. The molecule has 0 fully saturated rings. The third kappa shape index (κ3) is 3.93. The monoisotopic (exact) mass is 438 g/mol. The first-order valence-corrected chi connectivity index (χ1v) is 9.66. The highest BCUT2D eigenvalue weighted by molar-refractivity contribution is 6.31. The van der Waals surface area contributed by atoms with Crippen LogP contribution in [-0.2, 0) is 13.1 Å². The third-order valence-electron chi connectivity index (χ3n) is 4.97. The number of rotatable bonds is 3. The van der Waals surface area contributed by atoms with Crippen molar-refractivity contribution in [3.8, 4) is 17.3 Å². The summed E-state index contributed by atoms with van der Waals surface area (Å²) in [5.41, 5.74) is 8.04. The number of halogens is 2. The van der Waals surface area contributed by atoms with Crippen LogP contribution in [0.25, 0.3) is 11.3 Å². The number of benzene rings is 2. The fraction of sp³-hybridized carbons (Fsp3) is 0.143. The van der Waals surface area contributed by atoms with E-state index in [1.54, 1.807) is 28.9 Å². The number of urea groups is 1. The molecule has 3 aromatic rings. The van der Waals surface area contributed by atoms with Gasteiger partial charge in [-0.3, -0.25) is 9.48 Å². The van der Waals surface area contributed by atoms with Gasteiger partial charge < -0.3 is 16.0 Å². The Bertz CT molecular complexity index is 1230. The zero-order valence-corrected chi connectivity index (χ0v) is 16.9. The molecule has 10 heteroatoms. The van der Waals surface area contributed by atoms with Crippen LogP contribution in [0, 0.1) is 17.1 Å². The first-order valence-electron chi connectivity index (χ1n) is 9.28.